The second kappa shape index (κ2) is 6.58. The Hall–Kier alpha value is -1.08. The van der Waals surface area contributed by atoms with Gasteiger partial charge >= 0.3 is 18.3 Å². The maximum absolute atomic E-state index is 12.4. The van der Waals surface area contributed by atoms with E-state index in [-0.39, 0.29) is 0 Å². The first-order valence-corrected chi connectivity index (χ1v) is 7.51. The molecule has 0 saturated carbocycles. The van der Waals surface area contributed by atoms with E-state index in [0.29, 0.717) is 0 Å². The molecule has 6 nitrogen and oxygen atoms in total. The number of halogens is 6. The molecule has 0 radical (unpaired) electrons. The molecule has 0 spiro atoms. The van der Waals surface area contributed by atoms with Crippen LogP contribution in [0.25, 0.3) is 0 Å². The lowest BCUT2D eigenvalue weighted by Crippen LogP contribution is -2.57. The zero-order valence-electron chi connectivity index (χ0n) is 10.9. The molecule has 0 aromatic carbocycles. The lowest BCUT2D eigenvalue weighted by Gasteiger charge is -2.32. The number of hydrogen-bond donors (Lipinski definition) is 4. The third-order valence-electron chi connectivity index (χ3n) is 2.81. The predicted molar refractivity (Wildman–Crippen MR) is 62.5 cm³/mol. The molecule has 13 heteroatoms. The zero-order valence-corrected chi connectivity index (χ0v) is 11.7. The van der Waals surface area contributed by atoms with E-state index in [1.807, 2.05) is 0 Å². The Bertz CT molecular complexity index is 487. The highest BCUT2D eigenvalue weighted by Gasteiger charge is 2.69. The van der Waals surface area contributed by atoms with Crippen LogP contribution in [0.4, 0.5) is 26.3 Å². The number of aliphatic hydroxyl groups is 1. The van der Waals surface area contributed by atoms with Crippen LogP contribution in [-0.2, 0) is 14.5 Å². The molecule has 0 aliphatic carbocycles. The summed E-state index contributed by atoms with van der Waals surface area (Å²) in [7, 11) is -3.97. The number of aliphatic carboxylic acids is 1. The number of rotatable bonds is 7. The minimum absolute atomic E-state index is 0.561. The fourth-order valence-corrected chi connectivity index (χ4v) is 2.76. The molecule has 5 N–H and O–H groups in total. The van der Waals surface area contributed by atoms with Crippen LogP contribution in [0, 0.1) is 4.78 Å². The van der Waals surface area contributed by atoms with Crippen molar-refractivity contribution in [3.05, 3.63) is 0 Å². The Morgan fingerprint density at radius 3 is 1.86 bits per heavy atom. The first-order chi connectivity index (χ1) is 9.53. The first kappa shape index (κ1) is 20.9. The number of carboxylic acids is 1. The number of alkyl halides is 6. The minimum atomic E-state index is -6.06. The van der Waals surface area contributed by atoms with Crippen molar-refractivity contribution in [1.29, 1.82) is 4.78 Å². The maximum Gasteiger partial charge on any atom is 0.426 e. The molecule has 0 aliphatic heterocycles. The van der Waals surface area contributed by atoms with Gasteiger partial charge in [0.05, 0.1) is 0 Å². The molecule has 0 aromatic heterocycles. The van der Waals surface area contributed by atoms with Gasteiger partial charge in [-0.05, 0) is 6.42 Å². The highest BCUT2D eigenvalue weighted by atomic mass is 32.2. The Morgan fingerprint density at radius 1 is 1.14 bits per heavy atom. The molecule has 0 fully saturated rings. The second-order valence-electron chi connectivity index (χ2n) is 4.56. The zero-order chi connectivity index (χ0) is 18.0. The van der Waals surface area contributed by atoms with Gasteiger partial charge < -0.3 is 15.9 Å². The fraction of sp³-hybridized carbons (Fsp3) is 0.889. The Balaban J connectivity index is 4.98. The molecule has 1 unspecified atom stereocenters. The van der Waals surface area contributed by atoms with Gasteiger partial charge in [0, 0.05) is 27.7 Å². The summed E-state index contributed by atoms with van der Waals surface area (Å²) in [6.07, 6.45) is -14.7. The summed E-state index contributed by atoms with van der Waals surface area (Å²) in [6.45, 7) is 0. The van der Waals surface area contributed by atoms with E-state index in [0.717, 1.165) is 0 Å². The second-order valence-corrected chi connectivity index (χ2v) is 7.00. The third kappa shape index (κ3) is 5.28. The molecular formula is C9H14F6N2O4S. The summed E-state index contributed by atoms with van der Waals surface area (Å²) in [5.74, 6) is -3.72. The maximum atomic E-state index is 12.4. The van der Waals surface area contributed by atoms with Crippen molar-refractivity contribution in [2.45, 2.75) is 36.8 Å². The molecule has 0 amide bonds. The van der Waals surface area contributed by atoms with Crippen molar-refractivity contribution >= 4 is 15.7 Å². The molecule has 22 heavy (non-hydrogen) atoms. The lowest BCUT2D eigenvalue weighted by molar-refractivity contribution is -0.368. The van der Waals surface area contributed by atoms with Crippen molar-refractivity contribution in [2.24, 2.45) is 5.73 Å². The highest BCUT2D eigenvalue weighted by Crippen LogP contribution is 2.45. The molecule has 132 valence electrons. The SMILES string of the molecule is N=[S@@](=O)(CCC(N)C(=O)O)CCC(O)(C(F)(F)F)C(F)(F)F. The normalized spacial score (nSPS) is 17.8. The molecule has 2 atom stereocenters. The van der Waals surface area contributed by atoms with Gasteiger partial charge in [0.1, 0.15) is 6.04 Å². The summed E-state index contributed by atoms with van der Waals surface area (Å²) < 4.78 is 93.0. The van der Waals surface area contributed by atoms with Gasteiger partial charge in [0.2, 0.25) is 0 Å². The van der Waals surface area contributed by atoms with Crippen LogP contribution in [0.1, 0.15) is 12.8 Å². The average Bonchev–Trinajstić information content (AvgIpc) is 2.30. The van der Waals surface area contributed by atoms with Gasteiger partial charge in [0.15, 0.2) is 0 Å². The van der Waals surface area contributed by atoms with Gasteiger partial charge in [-0.1, -0.05) is 0 Å². The van der Waals surface area contributed by atoms with E-state index < -0.39 is 64.0 Å². The quantitative estimate of drug-likeness (QED) is 0.506. The Morgan fingerprint density at radius 2 is 1.55 bits per heavy atom. The number of nitrogens with one attached hydrogen (secondary N) is 1. The van der Waals surface area contributed by atoms with E-state index >= 15 is 0 Å². The molecule has 0 heterocycles. The molecule has 0 saturated heterocycles. The van der Waals surface area contributed by atoms with Crippen LogP contribution in [0.3, 0.4) is 0 Å². The number of carboxylic acid groups (broad SMARTS) is 1. The van der Waals surface area contributed by atoms with E-state index in [4.69, 9.17) is 20.7 Å². The molecule has 0 rings (SSSR count). The van der Waals surface area contributed by atoms with E-state index in [9.17, 15) is 35.3 Å². The van der Waals surface area contributed by atoms with E-state index in [1.165, 1.54) is 0 Å². The molecule has 0 aromatic rings. The van der Waals surface area contributed by atoms with Crippen molar-refractivity contribution in [3.8, 4) is 0 Å². The van der Waals surface area contributed by atoms with Gasteiger partial charge in [-0.3, -0.25) is 9.57 Å². The van der Waals surface area contributed by atoms with Crippen molar-refractivity contribution < 1.29 is 45.6 Å². The Kier molecular flexibility index (Phi) is 6.26. The summed E-state index contributed by atoms with van der Waals surface area (Å²) >= 11 is 0. The largest absolute Gasteiger partial charge is 0.480 e. The van der Waals surface area contributed by atoms with E-state index in [2.05, 4.69) is 0 Å². The third-order valence-corrected chi connectivity index (χ3v) is 4.57. The number of carbonyl (C=O) groups is 1. The number of nitrogens with two attached hydrogens (primary N) is 1. The highest BCUT2D eigenvalue weighted by molar-refractivity contribution is 7.92. The van der Waals surface area contributed by atoms with Crippen LogP contribution >= 0.6 is 0 Å². The molecule has 0 bridgehead atoms. The summed E-state index contributed by atoms with van der Waals surface area (Å²) in [5, 5.41) is 17.3. The van der Waals surface area contributed by atoms with Crippen LogP contribution in [0.2, 0.25) is 0 Å². The standard InChI is InChI=1S/C9H14F6N2O4S/c10-8(11,12)7(20,9(13,14)15)2-4-22(17,21)3-1-5(16)6(18)19/h5,17,20H,1-4,16H2,(H,18,19)/t5?,22-/m1/s1. The summed E-state index contributed by atoms with van der Waals surface area (Å²) in [6, 6.07) is -1.55. The van der Waals surface area contributed by atoms with Crippen molar-refractivity contribution in [3.63, 3.8) is 0 Å². The monoisotopic (exact) mass is 360 g/mol. The fourth-order valence-electron chi connectivity index (χ4n) is 1.30. The van der Waals surface area contributed by atoms with Gasteiger partial charge in [-0.25, -0.2) is 4.21 Å². The van der Waals surface area contributed by atoms with Crippen LogP contribution in [-0.4, -0.2) is 55.9 Å². The van der Waals surface area contributed by atoms with Gasteiger partial charge in [0.25, 0.3) is 5.60 Å². The Labute approximate surface area is 121 Å². The van der Waals surface area contributed by atoms with Crippen LogP contribution < -0.4 is 5.73 Å². The van der Waals surface area contributed by atoms with Gasteiger partial charge in [-0.15, -0.1) is 0 Å². The summed E-state index contributed by atoms with van der Waals surface area (Å²) in [5.41, 5.74) is -0.0584. The summed E-state index contributed by atoms with van der Waals surface area (Å²) in [4.78, 5) is 10.4. The van der Waals surface area contributed by atoms with E-state index in [1.54, 1.807) is 0 Å². The van der Waals surface area contributed by atoms with Crippen molar-refractivity contribution in [2.75, 3.05) is 11.5 Å². The first-order valence-electron chi connectivity index (χ1n) is 5.62. The van der Waals surface area contributed by atoms with Gasteiger partial charge in [-0.2, -0.15) is 26.3 Å². The van der Waals surface area contributed by atoms with Crippen molar-refractivity contribution in [1.82, 2.24) is 0 Å². The topological polar surface area (TPSA) is 124 Å². The van der Waals surface area contributed by atoms with Crippen LogP contribution in [0.5, 0.6) is 0 Å². The molecule has 0 aliphatic rings. The smallest absolute Gasteiger partial charge is 0.426 e. The molecular weight excluding hydrogens is 346 g/mol. The minimum Gasteiger partial charge on any atom is -0.480 e. The number of hydrogen-bond acceptors (Lipinski definition) is 5. The average molecular weight is 360 g/mol. The van der Waals surface area contributed by atoms with Crippen LogP contribution in [0.15, 0.2) is 0 Å². The predicted octanol–water partition coefficient (Wildman–Crippen LogP) is 1.08. The lowest BCUT2D eigenvalue weighted by atomic mass is 10.00.